The molecule has 0 radical (unpaired) electrons. The van der Waals surface area contributed by atoms with Crippen LogP contribution in [-0.2, 0) is 16.1 Å². The molecule has 0 aromatic carbocycles. The Morgan fingerprint density at radius 2 is 2.05 bits per heavy atom. The van der Waals surface area contributed by atoms with Crippen LogP contribution in [0.1, 0.15) is 39.2 Å². The van der Waals surface area contributed by atoms with Crippen molar-refractivity contribution in [2.45, 2.75) is 51.7 Å². The molecule has 2 heterocycles. The molecule has 1 saturated heterocycles. The minimum atomic E-state index is -0.809. The average Bonchev–Trinajstić information content (AvgIpc) is 2.47. The van der Waals surface area contributed by atoms with Crippen molar-refractivity contribution in [3.63, 3.8) is 0 Å². The molecule has 1 fully saturated rings. The first-order valence-corrected chi connectivity index (χ1v) is 7.55. The predicted octanol–water partition coefficient (Wildman–Crippen LogP) is 2.14. The van der Waals surface area contributed by atoms with E-state index in [1.165, 1.54) is 0 Å². The van der Waals surface area contributed by atoms with Crippen LogP contribution in [0, 0.1) is 0 Å². The Labute approximate surface area is 129 Å². The molecular formula is C15H20ClN3O2. The summed E-state index contributed by atoms with van der Waals surface area (Å²) in [7, 11) is 0. The lowest BCUT2D eigenvalue weighted by atomic mass is 9.85. The number of halogens is 1. The largest absolute Gasteiger partial charge is 0.343 e. The van der Waals surface area contributed by atoms with Crippen LogP contribution in [0.15, 0.2) is 18.5 Å². The van der Waals surface area contributed by atoms with Gasteiger partial charge < -0.3 is 10.2 Å². The first kappa shape index (κ1) is 15.8. The Kier molecular flexibility index (Phi) is 4.52. The van der Waals surface area contributed by atoms with Crippen LogP contribution in [0.5, 0.6) is 0 Å². The summed E-state index contributed by atoms with van der Waals surface area (Å²) in [6.45, 7) is 5.87. The number of carbonyl (C=O) groups is 2. The van der Waals surface area contributed by atoms with Gasteiger partial charge in [-0.05, 0) is 31.4 Å². The van der Waals surface area contributed by atoms with Crippen molar-refractivity contribution >= 4 is 23.4 Å². The fourth-order valence-corrected chi connectivity index (χ4v) is 3.02. The van der Waals surface area contributed by atoms with E-state index in [9.17, 15) is 9.59 Å². The van der Waals surface area contributed by atoms with E-state index in [0.717, 1.165) is 5.56 Å². The van der Waals surface area contributed by atoms with Gasteiger partial charge in [0, 0.05) is 18.9 Å². The van der Waals surface area contributed by atoms with E-state index < -0.39 is 11.6 Å². The fourth-order valence-electron chi connectivity index (χ4n) is 2.84. The number of aromatic nitrogens is 1. The molecular weight excluding hydrogens is 290 g/mol. The molecule has 0 saturated carbocycles. The zero-order chi connectivity index (χ0) is 15.6. The summed E-state index contributed by atoms with van der Waals surface area (Å²) in [5, 5.41) is 3.28. The Balaban J connectivity index is 2.42. The monoisotopic (exact) mass is 309 g/mol. The Morgan fingerprint density at radius 3 is 2.62 bits per heavy atom. The van der Waals surface area contributed by atoms with Gasteiger partial charge in [-0.3, -0.25) is 14.6 Å². The highest BCUT2D eigenvalue weighted by Crippen LogP contribution is 2.31. The van der Waals surface area contributed by atoms with Crippen molar-refractivity contribution in [3.8, 4) is 0 Å². The highest BCUT2D eigenvalue weighted by Gasteiger charge is 2.49. The minimum Gasteiger partial charge on any atom is -0.343 e. The number of nitrogens with zero attached hydrogens (tertiary/aromatic N) is 2. The molecule has 1 unspecified atom stereocenters. The summed E-state index contributed by atoms with van der Waals surface area (Å²) in [5.74, 6) is -0.170. The molecule has 1 N–H and O–H groups in total. The maximum atomic E-state index is 12.6. The van der Waals surface area contributed by atoms with E-state index in [0.29, 0.717) is 24.4 Å². The molecule has 0 spiro atoms. The molecule has 1 atom stereocenters. The van der Waals surface area contributed by atoms with Gasteiger partial charge in [-0.15, -0.1) is 0 Å². The van der Waals surface area contributed by atoms with Gasteiger partial charge in [0.2, 0.25) is 11.8 Å². The summed E-state index contributed by atoms with van der Waals surface area (Å²) >= 11 is 6.14. The third-order valence-corrected chi connectivity index (χ3v) is 4.62. The number of hydrogen-bond donors (Lipinski definition) is 1. The first-order valence-electron chi connectivity index (χ1n) is 7.17. The average molecular weight is 310 g/mol. The van der Waals surface area contributed by atoms with Crippen molar-refractivity contribution in [2.24, 2.45) is 0 Å². The standard InChI is InChI=1S/C15H20ClN3O2/c1-4-15(5-2)14(21)18-10(3)13(20)19(15)9-11-6-7-17-8-12(11)16/h6-8,10H,4-5,9H2,1-3H3,(H,18,21). The van der Waals surface area contributed by atoms with Crippen LogP contribution in [0.2, 0.25) is 5.02 Å². The SMILES string of the molecule is CCC1(CC)C(=O)NC(C)C(=O)N1Cc1ccncc1Cl. The quantitative estimate of drug-likeness (QED) is 0.927. The van der Waals surface area contributed by atoms with E-state index in [1.54, 1.807) is 30.3 Å². The first-order chi connectivity index (χ1) is 9.96. The van der Waals surface area contributed by atoms with E-state index in [1.807, 2.05) is 13.8 Å². The number of carbonyl (C=O) groups excluding carboxylic acids is 2. The topological polar surface area (TPSA) is 62.3 Å². The number of rotatable bonds is 4. The van der Waals surface area contributed by atoms with E-state index in [2.05, 4.69) is 10.3 Å². The van der Waals surface area contributed by atoms with Crippen LogP contribution in [-0.4, -0.2) is 33.3 Å². The highest BCUT2D eigenvalue weighted by molar-refractivity contribution is 6.31. The number of amides is 2. The van der Waals surface area contributed by atoms with Gasteiger partial charge in [0.25, 0.3) is 0 Å². The maximum absolute atomic E-state index is 12.6. The van der Waals surface area contributed by atoms with E-state index in [-0.39, 0.29) is 11.8 Å². The van der Waals surface area contributed by atoms with Gasteiger partial charge in [0.1, 0.15) is 11.6 Å². The van der Waals surface area contributed by atoms with E-state index in [4.69, 9.17) is 11.6 Å². The maximum Gasteiger partial charge on any atom is 0.246 e. The van der Waals surface area contributed by atoms with Crippen molar-refractivity contribution in [1.82, 2.24) is 15.2 Å². The summed E-state index contributed by atoms with van der Waals surface area (Å²) < 4.78 is 0. The normalized spacial score (nSPS) is 21.3. The molecule has 5 nitrogen and oxygen atoms in total. The summed E-state index contributed by atoms with van der Waals surface area (Å²) in [6, 6.07) is 1.27. The number of hydrogen-bond acceptors (Lipinski definition) is 3. The second kappa shape index (κ2) is 6.02. The third-order valence-electron chi connectivity index (χ3n) is 4.28. The number of nitrogens with one attached hydrogen (secondary N) is 1. The lowest BCUT2D eigenvalue weighted by Gasteiger charge is -2.47. The second-order valence-electron chi connectivity index (χ2n) is 5.33. The van der Waals surface area contributed by atoms with Crippen LogP contribution in [0.25, 0.3) is 0 Å². The Morgan fingerprint density at radius 1 is 1.38 bits per heavy atom. The zero-order valence-electron chi connectivity index (χ0n) is 12.5. The molecule has 1 aromatic heterocycles. The molecule has 0 aliphatic carbocycles. The van der Waals surface area contributed by atoms with Crippen LogP contribution in [0.3, 0.4) is 0 Å². The molecule has 114 valence electrons. The van der Waals surface area contributed by atoms with Crippen LogP contribution < -0.4 is 5.32 Å². The second-order valence-corrected chi connectivity index (χ2v) is 5.73. The summed E-state index contributed by atoms with van der Waals surface area (Å²) in [5.41, 5.74) is -0.0101. The minimum absolute atomic E-state index is 0.0776. The van der Waals surface area contributed by atoms with Gasteiger partial charge in [-0.25, -0.2) is 0 Å². The molecule has 1 aliphatic rings. The smallest absolute Gasteiger partial charge is 0.246 e. The fraction of sp³-hybridized carbons (Fsp3) is 0.533. The molecule has 2 amide bonds. The van der Waals surface area contributed by atoms with Crippen molar-refractivity contribution < 1.29 is 9.59 Å². The predicted molar refractivity (Wildman–Crippen MR) is 80.7 cm³/mol. The lowest BCUT2D eigenvalue weighted by Crippen LogP contribution is -2.69. The summed E-state index contributed by atoms with van der Waals surface area (Å²) in [6.07, 6.45) is 4.32. The van der Waals surface area contributed by atoms with Gasteiger partial charge >= 0.3 is 0 Å². The molecule has 0 bridgehead atoms. The molecule has 6 heteroatoms. The Bertz CT molecular complexity index is 558. The van der Waals surface area contributed by atoms with Gasteiger partial charge in [0.05, 0.1) is 5.02 Å². The van der Waals surface area contributed by atoms with Gasteiger partial charge in [-0.1, -0.05) is 25.4 Å². The molecule has 2 rings (SSSR count). The van der Waals surface area contributed by atoms with Crippen molar-refractivity contribution in [1.29, 1.82) is 0 Å². The molecule has 1 aromatic rings. The van der Waals surface area contributed by atoms with E-state index >= 15 is 0 Å². The molecule has 1 aliphatic heterocycles. The lowest BCUT2D eigenvalue weighted by molar-refractivity contribution is -0.158. The third kappa shape index (κ3) is 2.62. The van der Waals surface area contributed by atoms with Gasteiger partial charge in [0.15, 0.2) is 0 Å². The van der Waals surface area contributed by atoms with Crippen LogP contribution in [0.4, 0.5) is 0 Å². The zero-order valence-corrected chi connectivity index (χ0v) is 13.3. The van der Waals surface area contributed by atoms with Crippen LogP contribution >= 0.6 is 11.6 Å². The summed E-state index contributed by atoms with van der Waals surface area (Å²) in [4.78, 5) is 30.7. The van der Waals surface area contributed by atoms with Crippen molar-refractivity contribution in [2.75, 3.05) is 0 Å². The van der Waals surface area contributed by atoms with Crippen molar-refractivity contribution in [3.05, 3.63) is 29.0 Å². The van der Waals surface area contributed by atoms with Gasteiger partial charge in [-0.2, -0.15) is 0 Å². The highest BCUT2D eigenvalue weighted by atomic mass is 35.5. The number of pyridine rings is 1. The molecule has 21 heavy (non-hydrogen) atoms. The Hall–Kier alpha value is -1.62. The number of piperazine rings is 1.